The monoisotopic (exact) mass is 151 g/mol. The predicted octanol–water partition coefficient (Wildman–Crippen LogP) is 0.423. The summed E-state index contributed by atoms with van der Waals surface area (Å²) >= 11 is 0. The van der Waals surface area contributed by atoms with Gasteiger partial charge in [-0.05, 0) is 5.92 Å². The molecule has 0 aliphatic carbocycles. The molecular weight excluding hydrogens is 134 g/mol. The molecule has 0 unspecified atom stereocenters. The SMILES string of the molecule is CC(C)CN[SH](C)(C)=O. The summed E-state index contributed by atoms with van der Waals surface area (Å²) in [6.07, 6.45) is 3.49. The van der Waals surface area contributed by atoms with Gasteiger partial charge in [-0.3, -0.25) is 8.93 Å². The molecule has 9 heavy (non-hydrogen) atoms. The van der Waals surface area contributed by atoms with E-state index in [0.717, 1.165) is 6.54 Å². The summed E-state index contributed by atoms with van der Waals surface area (Å²) in [5, 5.41) is 0. The zero-order chi connectivity index (χ0) is 7.49. The highest BCUT2D eigenvalue weighted by atomic mass is 32.3. The molecule has 0 radical (unpaired) electrons. The third kappa shape index (κ3) is 8.11. The largest absolute Gasteiger partial charge is 0.272 e. The van der Waals surface area contributed by atoms with E-state index < -0.39 is 10.1 Å². The Balaban J connectivity index is 3.40. The van der Waals surface area contributed by atoms with E-state index >= 15 is 0 Å². The third-order valence-electron chi connectivity index (χ3n) is 0.880. The third-order valence-corrected chi connectivity index (χ3v) is 1.82. The molecule has 0 amide bonds. The minimum absolute atomic E-state index is 0.582. The van der Waals surface area contributed by atoms with E-state index in [4.69, 9.17) is 0 Å². The van der Waals surface area contributed by atoms with Crippen LogP contribution in [0, 0.1) is 5.92 Å². The number of hydrogen-bond donors (Lipinski definition) is 2. The van der Waals surface area contributed by atoms with Crippen LogP contribution in [0.2, 0.25) is 0 Å². The van der Waals surface area contributed by atoms with Crippen LogP contribution >= 0.6 is 0 Å². The zero-order valence-electron chi connectivity index (χ0n) is 6.64. The van der Waals surface area contributed by atoms with Crippen LogP contribution in [0.4, 0.5) is 0 Å². The summed E-state index contributed by atoms with van der Waals surface area (Å²) in [4.78, 5) is 0. The Labute approximate surface area is 58.6 Å². The van der Waals surface area contributed by atoms with Gasteiger partial charge in [0.15, 0.2) is 0 Å². The highest BCUT2D eigenvalue weighted by Crippen LogP contribution is 1.91. The van der Waals surface area contributed by atoms with Gasteiger partial charge in [0.1, 0.15) is 0 Å². The Morgan fingerprint density at radius 2 is 1.89 bits per heavy atom. The Hall–Kier alpha value is 0.110. The molecule has 2 nitrogen and oxygen atoms in total. The molecule has 58 valence electrons. The first-order chi connectivity index (χ1) is 3.92. The average molecular weight is 151 g/mol. The van der Waals surface area contributed by atoms with Gasteiger partial charge in [-0.25, -0.2) is 0 Å². The molecule has 0 rings (SSSR count). The molecule has 0 saturated carbocycles. The molecule has 1 N–H and O–H groups in total. The highest BCUT2D eigenvalue weighted by molar-refractivity contribution is 7.99. The molecule has 3 heteroatoms. The van der Waals surface area contributed by atoms with Gasteiger partial charge in [-0.1, -0.05) is 24.0 Å². The van der Waals surface area contributed by atoms with Gasteiger partial charge in [0, 0.05) is 19.1 Å². The summed E-state index contributed by atoms with van der Waals surface area (Å²) in [5.41, 5.74) is 0. The van der Waals surface area contributed by atoms with Crippen molar-refractivity contribution in [2.45, 2.75) is 13.8 Å². The van der Waals surface area contributed by atoms with Crippen LogP contribution in [0.5, 0.6) is 0 Å². The molecule has 0 aliphatic heterocycles. The van der Waals surface area contributed by atoms with E-state index in [1.807, 2.05) is 0 Å². The van der Waals surface area contributed by atoms with Crippen molar-refractivity contribution in [3.8, 4) is 0 Å². The number of nitrogens with one attached hydrogen (secondary N) is 1. The standard InChI is InChI=1S/C6H17NOS/c1-6(2)5-7-9(3,4)8/h6,9H,5H2,1-4H3,(H,7,8). The van der Waals surface area contributed by atoms with Crippen molar-refractivity contribution in [2.24, 2.45) is 5.92 Å². The second-order valence-corrected chi connectivity index (χ2v) is 6.12. The molecule has 0 spiro atoms. The Morgan fingerprint density at radius 1 is 1.44 bits per heavy atom. The fourth-order valence-electron chi connectivity index (χ4n) is 0.402. The molecule has 0 fully saturated rings. The second-order valence-electron chi connectivity index (χ2n) is 3.11. The number of rotatable bonds is 3. The van der Waals surface area contributed by atoms with Crippen LogP contribution in [0.25, 0.3) is 0 Å². The minimum Gasteiger partial charge on any atom is -0.272 e. The van der Waals surface area contributed by atoms with E-state index in [-0.39, 0.29) is 0 Å². The van der Waals surface area contributed by atoms with Gasteiger partial charge >= 0.3 is 0 Å². The number of hydrogen-bond acceptors (Lipinski definition) is 1. The second kappa shape index (κ2) is 3.32. The molecule has 0 bridgehead atoms. The number of thiol groups is 1. The lowest BCUT2D eigenvalue weighted by Crippen LogP contribution is -2.31. The normalized spacial score (nSPS) is 14.3. The van der Waals surface area contributed by atoms with Crippen molar-refractivity contribution < 1.29 is 4.21 Å². The molecular formula is C6H17NOS. The summed E-state index contributed by atoms with van der Waals surface area (Å²) in [5.74, 6) is 0.582. The van der Waals surface area contributed by atoms with Gasteiger partial charge < -0.3 is 0 Å². The topological polar surface area (TPSA) is 29.1 Å². The van der Waals surface area contributed by atoms with Crippen molar-refractivity contribution >= 4 is 10.1 Å². The smallest absolute Gasteiger partial charge is 0.00857 e. The van der Waals surface area contributed by atoms with Crippen LogP contribution in [0.1, 0.15) is 13.8 Å². The van der Waals surface area contributed by atoms with E-state index in [1.165, 1.54) is 0 Å². The molecule has 0 heterocycles. The first kappa shape index (κ1) is 9.11. The van der Waals surface area contributed by atoms with E-state index in [0.29, 0.717) is 5.92 Å². The van der Waals surface area contributed by atoms with Crippen molar-refractivity contribution in [1.82, 2.24) is 4.72 Å². The van der Waals surface area contributed by atoms with Crippen molar-refractivity contribution in [3.63, 3.8) is 0 Å². The Morgan fingerprint density at radius 3 is 2.00 bits per heavy atom. The maximum absolute atomic E-state index is 11.0. The highest BCUT2D eigenvalue weighted by Gasteiger charge is 1.98. The lowest BCUT2D eigenvalue weighted by atomic mass is 10.2. The van der Waals surface area contributed by atoms with Crippen molar-refractivity contribution in [3.05, 3.63) is 0 Å². The van der Waals surface area contributed by atoms with Gasteiger partial charge in [0.05, 0.1) is 0 Å². The molecule has 0 aromatic heterocycles. The summed E-state index contributed by atoms with van der Waals surface area (Å²) in [6, 6.07) is 0. The molecule has 0 aliphatic rings. The quantitative estimate of drug-likeness (QED) is 0.563. The first-order valence-electron chi connectivity index (χ1n) is 3.22. The van der Waals surface area contributed by atoms with Gasteiger partial charge in [0.25, 0.3) is 0 Å². The van der Waals surface area contributed by atoms with Crippen LogP contribution in [0.15, 0.2) is 0 Å². The first-order valence-corrected chi connectivity index (χ1v) is 5.82. The lowest BCUT2D eigenvalue weighted by molar-refractivity contribution is 0.613. The average Bonchev–Trinajstić information content (AvgIpc) is 1.59. The Bertz CT molecular complexity index is 116. The molecule has 0 aromatic carbocycles. The fraction of sp³-hybridized carbons (Fsp3) is 1.00. The minimum atomic E-state index is -1.97. The van der Waals surface area contributed by atoms with Crippen LogP contribution < -0.4 is 4.72 Å². The van der Waals surface area contributed by atoms with Crippen LogP contribution in [-0.2, 0) is 10.1 Å². The molecule has 0 saturated heterocycles. The maximum Gasteiger partial charge on any atom is 0.00857 e. The fourth-order valence-corrected chi connectivity index (χ4v) is 1.21. The van der Waals surface area contributed by atoms with Gasteiger partial charge in [-0.2, -0.15) is 0 Å². The summed E-state index contributed by atoms with van der Waals surface area (Å²) < 4.78 is 14.0. The molecule has 0 atom stereocenters. The summed E-state index contributed by atoms with van der Waals surface area (Å²) in [7, 11) is -1.97. The van der Waals surface area contributed by atoms with Crippen molar-refractivity contribution in [2.75, 3.05) is 19.1 Å². The van der Waals surface area contributed by atoms with Gasteiger partial charge in [-0.15, -0.1) is 0 Å². The lowest BCUT2D eigenvalue weighted by Gasteiger charge is -2.15. The molecule has 0 aromatic rings. The van der Waals surface area contributed by atoms with Gasteiger partial charge in [0.2, 0.25) is 0 Å². The van der Waals surface area contributed by atoms with Crippen LogP contribution in [-0.4, -0.2) is 23.3 Å². The summed E-state index contributed by atoms with van der Waals surface area (Å²) in [6.45, 7) is 5.05. The van der Waals surface area contributed by atoms with Crippen LogP contribution in [0.3, 0.4) is 0 Å². The zero-order valence-corrected chi connectivity index (χ0v) is 7.53. The maximum atomic E-state index is 11.0. The van der Waals surface area contributed by atoms with Crippen molar-refractivity contribution in [1.29, 1.82) is 0 Å². The predicted molar refractivity (Wildman–Crippen MR) is 44.2 cm³/mol. The van der Waals surface area contributed by atoms with E-state index in [9.17, 15) is 4.21 Å². The Kier molecular flexibility index (Phi) is 3.36. The van der Waals surface area contributed by atoms with E-state index in [1.54, 1.807) is 12.5 Å². The van der Waals surface area contributed by atoms with E-state index in [2.05, 4.69) is 18.6 Å².